The molecule has 0 unspecified atom stereocenters. The second kappa shape index (κ2) is 5.86. The molecular formula is C17H16N2O3. The standard InChI is InChI=1S/C17H16N2O3/c1-9-5-6-13(7-10(9)2)16(21)19-17-14(8-18)15(11(3)20)12(4)22-17/h5-7H,1-4H3,(H,19,21). The van der Waals surface area contributed by atoms with Crippen molar-refractivity contribution in [2.24, 2.45) is 0 Å². The van der Waals surface area contributed by atoms with Gasteiger partial charge in [0.25, 0.3) is 5.91 Å². The molecule has 5 nitrogen and oxygen atoms in total. The maximum absolute atomic E-state index is 12.3. The molecule has 1 N–H and O–H groups in total. The number of Topliss-reactive ketones (excluding diaryl/α,β-unsaturated/α-hetero) is 1. The zero-order valence-corrected chi connectivity index (χ0v) is 12.9. The number of anilines is 1. The number of carbonyl (C=O) groups excluding carboxylic acids is 2. The van der Waals surface area contributed by atoms with Crippen LogP contribution in [0.1, 0.15) is 50.1 Å². The molecule has 1 amide bonds. The fourth-order valence-corrected chi connectivity index (χ4v) is 2.22. The van der Waals surface area contributed by atoms with Gasteiger partial charge in [-0.15, -0.1) is 0 Å². The first-order chi connectivity index (χ1) is 10.3. The largest absolute Gasteiger partial charge is 0.443 e. The predicted molar refractivity (Wildman–Crippen MR) is 82.0 cm³/mol. The van der Waals surface area contributed by atoms with E-state index in [1.54, 1.807) is 19.1 Å². The van der Waals surface area contributed by atoms with Gasteiger partial charge in [-0.1, -0.05) is 6.07 Å². The minimum atomic E-state index is -0.386. The lowest BCUT2D eigenvalue weighted by atomic mass is 10.1. The van der Waals surface area contributed by atoms with Crippen molar-refractivity contribution in [2.75, 3.05) is 5.32 Å². The van der Waals surface area contributed by atoms with Gasteiger partial charge in [0.1, 0.15) is 17.4 Å². The number of rotatable bonds is 3. The molecular weight excluding hydrogens is 280 g/mol. The lowest BCUT2D eigenvalue weighted by molar-refractivity contribution is 0.101. The number of hydrogen-bond donors (Lipinski definition) is 1. The first-order valence-corrected chi connectivity index (χ1v) is 6.78. The Labute approximate surface area is 128 Å². The Hall–Kier alpha value is -2.87. The van der Waals surface area contributed by atoms with Crippen molar-refractivity contribution in [2.45, 2.75) is 27.7 Å². The number of nitrogens with one attached hydrogen (secondary N) is 1. The number of benzene rings is 1. The molecule has 0 aliphatic carbocycles. The van der Waals surface area contributed by atoms with E-state index in [2.05, 4.69) is 5.32 Å². The summed E-state index contributed by atoms with van der Waals surface area (Å²) in [6, 6.07) is 7.23. The van der Waals surface area contributed by atoms with Gasteiger partial charge in [-0.05, 0) is 51.0 Å². The lowest BCUT2D eigenvalue weighted by Gasteiger charge is -2.05. The molecule has 2 aromatic rings. The van der Waals surface area contributed by atoms with E-state index in [1.165, 1.54) is 6.92 Å². The van der Waals surface area contributed by atoms with Gasteiger partial charge in [0.05, 0.1) is 5.56 Å². The molecule has 0 fully saturated rings. The second-order valence-electron chi connectivity index (χ2n) is 5.16. The predicted octanol–water partition coefficient (Wildman–Crippen LogP) is 3.53. The van der Waals surface area contributed by atoms with E-state index in [0.717, 1.165) is 11.1 Å². The summed E-state index contributed by atoms with van der Waals surface area (Å²) in [6.07, 6.45) is 0. The summed E-state index contributed by atoms with van der Waals surface area (Å²) in [6.45, 7) is 6.81. The molecule has 5 heteroatoms. The number of hydrogen-bond acceptors (Lipinski definition) is 4. The number of ketones is 1. The van der Waals surface area contributed by atoms with Gasteiger partial charge in [0.15, 0.2) is 5.78 Å². The number of aryl methyl sites for hydroxylation is 3. The Bertz CT molecular complexity index is 810. The monoisotopic (exact) mass is 296 g/mol. The molecule has 0 aliphatic rings. The zero-order chi connectivity index (χ0) is 16.4. The van der Waals surface area contributed by atoms with Crippen LogP contribution in [0.15, 0.2) is 22.6 Å². The molecule has 0 aliphatic heterocycles. The fourth-order valence-electron chi connectivity index (χ4n) is 2.22. The molecule has 1 aromatic heterocycles. The van der Waals surface area contributed by atoms with Crippen LogP contribution in [0.25, 0.3) is 0 Å². The van der Waals surface area contributed by atoms with Crippen LogP contribution in [0.3, 0.4) is 0 Å². The third-order valence-electron chi connectivity index (χ3n) is 3.54. The number of nitrogens with zero attached hydrogens (tertiary/aromatic N) is 1. The van der Waals surface area contributed by atoms with Crippen LogP contribution in [0, 0.1) is 32.1 Å². The summed E-state index contributed by atoms with van der Waals surface area (Å²) < 4.78 is 5.37. The van der Waals surface area contributed by atoms with Gasteiger partial charge in [-0.3, -0.25) is 14.9 Å². The Morgan fingerprint density at radius 2 is 1.86 bits per heavy atom. The van der Waals surface area contributed by atoms with Crippen molar-refractivity contribution in [3.63, 3.8) is 0 Å². The summed E-state index contributed by atoms with van der Waals surface area (Å²) in [5.74, 6) is -0.333. The van der Waals surface area contributed by atoms with E-state index in [-0.39, 0.29) is 28.7 Å². The number of furan rings is 1. The molecule has 1 heterocycles. The van der Waals surface area contributed by atoms with Gasteiger partial charge in [-0.25, -0.2) is 0 Å². The molecule has 112 valence electrons. The molecule has 22 heavy (non-hydrogen) atoms. The summed E-state index contributed by atoms with van der Waals surface area (Å²) in [7, 11) is 0. The average molecular weight is 296 g/mol. The third-order valence-corrected chi connectivity index (χ3v) is 3.54. The number of amides is 1. The highest BCUT2D eigenvalue weighted by Gasteiger charge is 2.22. The van der Waals surface area contributed by atoms with E-state index in [4.69, 9.17) is 4.42 Å². The first-order valence-electron chi connectivity index (χ1n) is 6.78. The van der Waals surface area contributed by atoms with E-state index in [9.17, 15) is 14.9 Å². The molecule has 0 saturated carbocycles. The molecule has 0 radical (unpaired) electrons. The van der Waals surface area contributed by atoms with Crippen LogP contribution < -0.4 is 5.32 Å². The fraction of sp³-hybridized carbons (Fsp3) is 0.235. The minimum Gasteiger partial charge on any atom is -0.443 e. The maximum Gasteiger partial charge on any atom is 0.258 e. The van der Waals surface area contributed by atoms with E-state index < -0.39 is 0 Å². The normalized spacial score (nSPS) is 10.1. The lowest BCUT2D eigenvalue weighted by Crippen LogP contribution is -2.12. The van der Waals surface area contributed by atoms with Gasteiger partial charge >= 0.3 is 0 Å². The highest BCUT2D eigenvalue weighted by atomic mass is 16.4. The Morgan fingerprint density at radius 3 is 2.41 bits per heavy atom. The van der Waals surface area contributed by atoms with Crippen LogP contribution in [0.2, 0.25) is 0 Å². The van der Waals surface area contributed by atoms with Crippen molar-refractivity contribution in [1.82, 2.24) is 0 Å². The Kier molecular flexibility index (Phi) is 4.13. The van der Waals surface area contributed by atoms with Crippen LogP contribution >= 0.6 is 0 Å². The van der Waals surface area contributed by atoms with E-state index in [0.29, 0.717) is 11.3 Å². The maximum atomic E-state index is 12.3. The molecule has 0 bridgehead atoms. The summed E-state index contributed by atoms with van der Waals surface area (Å²) in [4.78, 5) is 23.8. The highest BCUT2D eigenvalue weighted by Crippen LogP contribution is 2.27. The summed E-state index contributed by atoms with van der Waals surface area (Å²) in [5.41, 5.74) is 2.81. The van der Waals surface area contributed by atoms with Crippen molar-refractivity contribution >= 4 is 17.6 Å². The van der Waals surface area contributed by atoms with Crippen LogP contribution in [-0.4, -0.2) is 11.7 Å². The van der Waals surface area contributed by atoms with E-state index >= 15 is 0 Å². The van der Waals surface area contributed by atoms with Crippen LogP contribution in [-0.2, 0) is 0 Å². The van der Waals surface area contributed by atoms with Crippen molar-refractivity contribution < 1.29 is 14.0 Å². The third kappa shape index (κ3) is 2.77. The first kappa shape index (κ1) is 15.5. The summed E-state index contributed by atoms with van der Waals surface area (Å²) >= 11 is 0. The molecule has 1 aromatic carbocycles. The Morgan fingerprint density at radius 1 is 1.18 bits per heavy atom. The summed E-state index contributed by atoms with van der Waals surface area (Å²) in [5, 5.41) is 11.8. The quantitative estimate of drug-likeness (QED) is 0.878. The zero-order valence-electron chi connectivity index (χ0n) is 12.9. The van der Waals surface area contributed by atoms with Gasteiger partial charge in [0, 0.05) is 5.56 Å². The van der Waals surface area contributed by atoms with Crippen LogP contribution in [0.5, 0.6) is 0 Å². The van der Waals surface area contributed by atoms with Crippen molar-refractivity contribution in [3.8, 4) is 6.07 Å². The topological polar surface area (TPSA) is 83.1 Å². The van der Waals surface area contributed by atoms with Crippen molar-refractivity contribution in [3.05, 3.63) is 51.8 Å². The average Bonchev–Trinajstić information content (AvgIpc) is 2.77. The van der Waals surface area contributed by atoms with Crippen LogP contribution in [0.4, 0.5) is 5.88 Å². The highest BCUT2D eigenvalue weighted by molar-refractivity contribution is 6.06. The molecule has 0 atom stereocenters. The number of carbonyl (C=O) groups is 2. The molecule has 0 saturated heterocycles. The van der Waals surface area contributed by atoms with Gasteiger partial charge in [-0.2, -0.15) is 5.26 Å². The van der Waals surface area contributed by atoms with Gasteiger partial charge in [0.2, 0.25) is 5.88 Å². The molecule has 2 rings (SSSR count). The van der Waals surface area contributed by atoms with Gasteiger partial charge < -0.3 is 4.42 Å². The number of nitriles is 1. The SMILES string of the molecule is CC(=O)c1c(C)oc(NC(=O)c2ccc(C)c(C)c2)c1C#N. The van der Waals surface area contributed by atoms with E-state index in [1.807, 2.05) is 26.0 Å². The smallest absolute Gasteiger partial charge is 0.258 e. The second-order valence-corrected chi connectivity index (χ2v) is 5.16. The minimum absolute atomic E-state index is 0.00780. The molecule has 0 spiro atoms. The Balaban J connectivity index is 2.37. The van der Waals surface area contributed by atoms with Crippen molar-refractivity contribution in [1.29, 1.82) is 5.26 Å².